The summed E-state index contributed by atoms with van der Waals surface area (Å²) in [6.45, 7) is 3.14. The standard InChI is InChI=1S/C9H11NS2.Zn/c1-2-10-9(11)12-8-6-4-3-5-7-8;/h3-7H,2H2,1H3,(H,10,11);/q;+1/p-1. The Morgan fingerprint density at radius 1 is 1.46 bits per heavy atom. The minimum absolute atomic E-state index is 0.980. The van der Waals surface area contributed by atoms with Gasteiger partial charge in [0.15, 0.2) is 0 Å². The van der Waals surface area contributed by atoms with Gasteiger partial charge in [0.25, 0.3) is 0 Å². The molecule has 0 aliphatic heterocycles. The third-order valence-corrected chi connectivity index (χ3v) is 5.60. The molecule has 0 amide bonds. The van der Waals surface area contributed by atoms with Crippen LogP contribution >= 0.6 is 24.0 Å². The summed E-state index contributed by atoms with van der Waals surface area (Å²) >= 11 is 8.05. The van der Waals surface area contributed by atoms with Crippen LogP contribution in [-0.2, 0) is 18.5 Å². The van der Waals surface area contributed by atoms with Crippen molar-refractivity contribution in [3.8, 4) is 0 Å². The Balaban J connectivity index is 2.55. The van der Waals surface area contributed by atoms with E-state index in [4.69, 9.17) is 12.2 Å². The van der Waals surface area contributed by atoms with E-state index in [1.807, 2.05) is 18.2 Å². The van der Waals surface area contributed by atoms with Crippen LogP contribution < -0.4 is 0 Å². The monoisotopic (exact) mass is 260 g/mol. The van der Waals surface area contributed by atoms with Crippen molar-refractivity contribution in [2.45, 2.75) is 11.8 Å². The normalized spacial score (nSPS) is 9.77. The van der Waals surface area contributed by atoms with Crippen molar-refractivity contribution < 1.29 is 18.5 Å². The van der Waals surface area contributed by atoms with Crippen LogP contribution in [0.5, 0.6) is 0 Å². The van der Waals surface area contributed by atoms with E-state index in [1.165, 1.54) is 4.90 Å². The van der Waals surface area contributed by atoms with Crippen LogP contribution in [0.2, 0.25) is 0 Å². The molecule has 0 heterocycles. The molecule has 0 radical (unpaired) electrons. The number of hydrogen-bond acceptors (Lipinski definition) is 2. The van der Waals surface area contributed by atoms with Gasteiger partial charge in [0.05, 0.1) is 0 Å². The average Bonchev–Trinajstić information content (AvgIpc) is 2.18. The number of thiocarbonyl (C=S) groups is 1. The Kier molecular flexibility index (Phi) is 4.93. The first-order chi connectivity index (χ1) is 6.24. The summed E-state index contributed by atoms with van der Waals surface area (Å²) in [5.41, 5.74) is 0. The zero-order chi connectivity index (χ0) is 9.68. The predicted octanol–water partition coefficient (Wildman–Crippen LogP) is 2.85. The fourth-order valence-corrected chi connectivity index (χ4v) is 2.36. The molecule has 13 heavy (non-hydrogen) atoms. The van der Waals surface area contributed by atoms with Gasteiger partial charge in [-0.05, 0) is 0 Å². The zero-order valence-electron chi connectivity index (χ0n) is 7.56. The molecule has 65 valence electrons. The number of rotatable bonds is 2. The van der Waals surface area contributed by atoms with Gasteiger partial charge in [-0.25, -0.2) is 0 Å². The van der Waals surface area contributed by atoms with E-state index >= 15 is 0 Å². The molecule has 1 nitrogen and oxygen atoms in total. The average molecular weight is 262 g/mol. The van der Waals surface area contributed by atoms with Gasteiger partial charge in [0.2, 0.25) is 0 Å². The molecule has 0 bridgehead atoms. The second-order valence-corrected chi connectivity index (χ2v) is 5.85. The van der Waals surface area contributed by atoms with Crippen molar-refractivity contribution in [3.05, 3.63) is 30.3 Å². The molecule has 0 N–H and O–H groups in total. The molecule has 1 aromatic carbocycles. The summed E-state index contributed by atoms with van der Waals surface area (Å²) in [7, 11) is 0. The number of benzene rings is 1. The predicted molar refractivity (Wildman–Crippen MR) is 57.3 cm³/mol. The molecule has 4 heteroatoms. The Hall–Kier alpha value is 0.0834. The molecule has 0 atom stereocenters. The van der Waals surface area contributed by atoms with Gasteiger partial charge in [-0.3, -0.25) is 0 Å². The summed E-state index contributed by atoms with van der Waals surface area (Å²) in [6, 6.07) is 10.3. The van der Waals surface area contributed by atoms with Crippen molar-refractivity contribution in [2.24, 2.45) is 0 Å². The molecule has 1 rings (SSSR count). The second kappa shape index (κ2) is 5.74. The van der Waals surface area contributed by atoms with Gasteiger partial charge in [0.1, 0.15) is 0 Å². The third-order valence-electron chi connectivity index (χ3n) is 1.59. The Bertz CT molecular complexity index is 276. The molecule has 0 aliphatic carbocycles. The van der Waals surface area contributed by atoms with Crippen LogP contribution in [-0.4, -0.2) is 14.5 Å². The summed E-state index contributed by atoms with van der Waals surface area (Å²) in [5.74, 6) is 0. The first-order valence-corrected chi connectivity index (χ1v) is 6.64. The zero-order valence-corrected chi connectivity index (χ0v) is 12.2. The van der Waals surface area contributed by atoms with Crippen LogP contribution in [0.3, 0.4) is 0 Å². The van der Waals surface area contributed by atoms with Gasteiger partial charge in [-0.2, -0.15) is 0 Å². The van der Waals surface area contributed by atoms with Crippen molar-refractivity contribution in [3.63, 3.8) is 0 Å². The van der Waals surface area contributed by atoms with Crippen molar-refractivity contribution in [2.75, 3.05) is 6.54 Å². The molecule has 0 fully saturated rings. The quantitative estimate of drug-likeness (QED) is 0.458. The van der Waals surface area contributed by atoms with Crippen LogP contribution in [0.25, 0.3) is 0 Å². The van der Waals surface area contributed by atoms with Gasteiger partial charge in [0, 0.05) is 0 Å². The van der Waals surface area contributed by atoms with Crippen LogP contribution in [0, 0.1) is 0 Å². The molecular weight excluding hydrogens is 252 g/mol. The molecule has 0 saturated heterocycles. The van der Waals surface area contributed by atoms with Gasteiger partial charge in [-0.15, -0.1) is 0 Å². The molecule has 0 aromatic heterocycles. The first-order valence-electron chi connectivity index (χ1n) is 4.09. The van der Waals surface area contributed by atoms with Crippen molar-refractivity contribution >= 4 is 28.3 Å². The Morgan fingerprint density at radius 2 is 2.08 bits per heavy atom. The second-order valence-electron chi connectivity index (χ2n) is 2.54. The molecule has 0 spiro atoms. The third kappa shape index (κ3) is 3.76. The number of hydrogen-bond donors (Lipinski definition) is 0. The SMILES string of the molecule is CC[N]([Zn])C(=S)Sc1ccccc1. The summed E-state index contributed by atoms with van der Waals surface area (Å²) < 4.78 is 3.17. The van der Waals surface area contributed by atoms with Crippen LogP contribution in [0.15, 0.2) is 35.2 Å². The summed E-state index contributed by atoms with van der Waals surface area (Å²) in [5, 5.41) is 0. The Labute approximate surface area is 98.8 Å². The van der Waals surface area contributed by atoms with E-state index in [-0.39, 0.29) is 0 Å². The first kappa shape index (κ1) is 11.2. The fourth-order valence-electron chi connectivity index (χ4n) is 0.783. The van der Waals surface area contributed by atoms with Gasteiger partial charge >= 0.3 is 99.2 Å². The van der Waals surface area contributed by atoms with E-state index in [2.05, 4.69) is 22.7 Å². The summed E-state index contributed by atoms with van der Waals surface area (Å²) in [4.78, 5) is 1.22. The van der Waals surface area contributed by atoms with Crippen LogP contribution in [0.1, 0.15) is 6.92 Å². The molecular formula is C9H10NS2Zn. The van der Waals surface area contributed by atoms with Crippen molar-refractivity contribution in [1.29, 1.82) is 0 Å². The molecule has 0 unspecified atom stereocenters. The Morgan fingerprint density at radius 3 is 2.62 bits per heavy atom. The fraction of sp³-hybridized carbons (Fsp3) is 0.222. The summed E-state index contributed by atoms with van der Waals surface area (Å²) in [6.07, 6.45) is 0. The number of nitrogens with zero attached hydrogens (tertiary/aromatic N) is 1. The molecule has 1 aromatic rings. The van der Waals surface area contributed by atoms with Crippen LogP contribution in [0.4, 0.5) is 0 Å². The van der Waals surface area contributed by atoms with Crippen molar-refractivity contribution in [1.82, 2.24) is 3.64 Å². The molecule has 0 aliphatic rings. The van der Waals surface area contributed by atoms with E-state index in [1.54, 1.807) is 11.8 Å². The van der Waals surface area contributed by atoms with E-state index in [9.17, 15) is 0 Å². The topological polar surface area (TPSA) is 3.24 Å². The van der Waals surface area contributed by atoms with Gasteiger partial charge in [-0.1, -0.05) is 0 Å². The minimum atomic E-state index is 0.980. The maximum atomic E-state index is 5.28. The van der Waals surface area contributed by atoms with E-state index in [0.29, 0.717) is 0 Å². The van der Waals surface area contributed by atoms with E-state index < -0.39 is 0 Å². The van der Waals surface area contributed by atoms with E-state index in [0.717, 1.165) is 29.4 Å². The van der Waals surface area contributed by atoms with Gasteiger partial charge < -0.3 is 0 Å². The molecule has 0 saturated carbocycles. The maximum absolute atomic E-state index is 5.28. The number of thioether (sulfide) groups is 1.